The van der Waals surface area contributed by atoms with E-state index < -0.39 is 0 Å². The first-order valence-corrected chi connectivity index (χ1v) is 6.66. The molecule has 0 spiro atoms. The maximum atomic E-state index is 12.0. The number of hydrazine groups is 1. The Hall–Kier alpha value is -1.62. The van der Waals surface area contributed by atoms with Crippen LogP contribution in [0.2, 0.25) is 0 Å². The van der Waals surface area contributed by atoms with Crippen molar-refractivity contribution in [3.05, 3.63) is 24.0 Å². The molecule has 1 heterocycles. The summed E-state index contributed by atoms with van der Waals surface area (Å²) in [4.78, 5) is 16.1. The first-order chi connectivity index (χ1) is 8.95. The van der Waals surface area contributed by atoms with E-state index in [0.29, 0.717) is 35.7 Å². The molecule has 0 bridgehead atoms. The molecular weight excluding hydrogens is 240 g/mol. The maximum Gasteiger partial charge on any atom is 0.269 e. The average Bonchev–Trinajstić information content (AvgIpc) is 2.38. The van der Waals surface area contributed by atoms with Gasteiger partial charge >= 0.3 is 0 Å². The number of anilines is 1. The van der Waals surface area contributed by atoms with Gasteiger partial charge in [-0.15, -0.1) is 0 Å². The van der Waals surface area contributed by atoms with E-state index in [9.17, 15) is 4.79 Å². The summed E-state index contributed by atoms with van der Waals surface area (Å²) in [5.74, 6) is 6.67. The van der Waals surface area contributed by atoms with E-state index in [-0.39, 0.29) is 5.91 Å². The van der Waals surface area contributed by atoms with Gasteiger partial charge in [0, 0.05) is 12.7 Å². The SMILES string of the molecule is CC(C)C(CNC(=O)c1cc(NN)ccn1)C(C)C. The lowest BCUT2D eigenvalue weighted by molar-refractivity contribution is 0.0932. The van der Waals surface area contributed by atoms with E-state index >= 15 is 0 Å². The van der Waals surface area contributed by atoms with Gasteiger partial charge in [0.05, 0.1) is 5.69 Å². The molecule has 1 rings (SSSR count). The van der Waals surface area contributed by atoms with Crippen LogP contribution in [0.15, 0.2) is 18.3 Å². The highest BCUT2D eigenvalue weighted by Crippen LogP contribution is 2.19. The number of hydrogen-bond donors (Lipinski definition) is 3. The van der Waals surface area contributed by atoms with Gasteiger partial charge in [-0.1, -0.05) is 27.7 Å². The molecule has 5 heteroatoms. The molecule has 0 radical (unpaired) electrons. The molecule has 0 fully saturated rings. The largest absolute Gasteiger partial charge is 0.350 e. The Morgan fingerprint density at radius 2 is 1.95 bits per heavy atom. The van der Waals surface area contributed by atoms with Crippen LogP contribution >= 0.6 is 0 Å². The Morgan fingerprint density at radius 1 is 1.32 bits per heavy atom. The first-order valence-electron chi connectivity index (χ1n) is 6.66. The van der Waals surface area contributed by atoms with Gasteiger partial charge in [0.15, 0.2) is 0 Å². The fourth-order valence-corrected chi connectivity index (χ4v) is 2.19. The van der Waals surface area contributed by atoms with E-state index in [0.717, 1.165) is 0 Å². The molecule has 0 aliphatic rings. The summed E-state index contributed by atoms with van der Waals surface area (Å²) in [6.07, 6.45) is 1.56. The number of nitrogens with one attached hydrogen (secondary N) is 2. The summed E-state index contributed by atoms with van der Waals surface area (Å²) < 4.78 is 0. The molecule has 1 amide bonds. The molecule has 4 N–H and O–H groups in total. The summed E-state index contributed by atoms with van der Waals surface area (Å²) in [6, 6.07) is 3.34. The second-order valence-electron chi connectivity index (χ2n) is 5.44. The zero-order valence-electron chi connectivity index (χ0n) is 12.1. The van der Waals surface area contributed by atoms with Crippen molar-refractivity contribution in [2.45, 2.75) is 27.7 Å². The molecule has 0 aliphatic heterocycles. The zero-order chi connectivity index (χ0) is 14.4. The van der Waals surface area contributed by atoms with Gasteiger partial charge in [-0.3, -0.25) is 15.6 Å². The van der Waals surface area contributed by atoms with Crippen molar-refractivity contribution in [1.82, 2.24) is 10.3 Å². The Morgan fingerprint density at radius 3 is 2.47 bits per heavy atom. The highest BCUT2D eigenvalue weighted by Gasteiger charge is 2.18. The molecule has 0 aromatic carbocycles. The van der Waals surface area contributed by atoms with Crippen LogP contribution in [0.25, 0.3) is 0 Å². The Bertz CT molecular complexity index is 410. The maximum absolute atomic E-state index is 12.0. The number of aromatic nitrogens is 1. The molecule has 106 valence electrons. The van der Waals surface area contributed by atoms with Crippen LogP contribution in [0, 0.1) is 17.8 Å². The lowest BCUT2D eigenvalue weighted by Gasteiger charge is -2.24. The molecule has 19 heavy (non-hydrogen) atoms. The third-order valence-electron chi connectivity index (χ3n) is 3.37. The molecule has 0 atom stereocenters. The summed E-state index contributed by atoms with van der Waals surface area (Å²) in [6.45, 7) is 9.36. The molecule has 0 saturated heterocycles. The molecular formula is C14H24N4O. The highest BCUT2D eigenvalue weighted by atomic mass is 16.1. The fourth-order valence-electron chi connectivity index (χ4n) is 2.19. The van der Waals surface area contributed by atoms with Crippen molar-refractivity contribution in [2.24, 2.45) is 23.6 Å². The third-order valence-corrected chi connectivity index (χ3v) is 3.37. The number of nitrogens with zero attached hydrogens (tertiary/aromatic N) is 1. The number of nitrogen functional groups attached to an aromatic ring is 1. The predicted octanol–water partition coefficient (Wildman–Crippen LogP) is 2.03. The Balaban J connectivity index is 2.64. The van der Waals surface area contributed by atoms with Gasteiger partial charge in [-0.05, 0) is 29.9 Å². The molecule has 5 nitrogen and oxygen atoms in total. The van der Waals surface area contributed by atoms with Crippen molar-refractivity contribution in [3.63, 3.8) is 0 Å². The van der Waals surface area contributed by atoms with Gasteiger partial charge in [0.2, 0.25) is 0 Å². The van der Waals surface area contributed by atoms with Crippen molar-refractivity contribution in [1.29, 1.82) is 0 Å². The minimum absolute atomic E-state index is 0.164. The van der Waals surface area contributed by atoms with E-state index in [1.165, 1.54) is 0 Å². The van der Waals surface area contributed by atoms with Crippen LogP contribution in [0.5, 0.6) is 0 Å². The average molecular weight is 264 g/mol. The number of carbonyl (C=O) groups is 1. The van der Waals surface area contributed by atoms with Gasteiger partial charge in [0.1, 0.15) is 5.69 Å². The number of carbonyl (C=O) groups excluding carboxylic acids is 1. The van der Waals surface area contributed by atoms with E-state index in [4.69, 9.17) is 5.84 Å². The van der Waals surface area contributed by atoms with Crippen LogP contribution in [-0.2, 0) is 0 Å². The molecule has 0 saturated carbocycles. The topological polar surface area (TPSA) is 80.0 Å². The van der Waals surface area contributed by atoms with Crippen LogP contribution in [0.4, 0.5) is 5.69 Å². The van der Waals surface area contributed by atoms with Crippen molar-refractivity contribution in [3.8, 4) is 0 Å². The molecule has 1 aromatic heterocycles. The quantitative estimate of drug-likeness (QED) is 0.542. The van der Waals surface area contributed by atoms with Gasteiger partial charge in [-0.2, -0.15) is 0 Å². The summed E-state index contributed by atoms with van der Waals surface area (Å²) in [5, 5.41) is 2.94. The van der Waals surface area contributed by atoms with E-state index in [1.54, 1.807) is 18.3 Å². The number of nitrogens with two attached hydrogens (primary N) is 1. The van der Waals surface area contributed by atoms with E-state index in [1.807, 2.05) is 0 Å². The first kappa shape index (κ1) is 15.4. The van der Waals surface area contributed by atoms with E-state index in [2.05, 4.69) is 43.4 Å². The Labute approximate surface area is 115 Å². The van der Waals surface area contributed by atoms with Gasteiger partial charge < -0.3 is 10.7 Å². The minimum Gasteiger partial charge on any atom is -0.350 e. The van der Waals surface area contributed by atoms with Gasteiger partial charge in [0.25, 0.3) is 5.91 Å². The molecule has 1 aromatic rings. The summed E-state index contributed by atoms with van der Waals surface area (Å²) in [5.41, 5.74) is 3.55. The highest BCUT2D eigenvalue weighted by molar-refractivity contribution is 5.93. The van der Waals surface area contributed by atoms with Crippen LogP contribution in [-0.4, -0.2) is 17.4 Å². The van der Waals surface area contributed by atoms with Gasteiger partial charge in [-0.25, -0.2) is 0 Å². The molecule has 0 unspecified atom stereocenters. The Kier molecular flexibility index (Phi) is 5.76. The van der Waals surface area contributed by atoms with Crippen molar-refractivity contribution < 1.29 is 4.79 Å². The molecule has 0 aliphatic carbocycles. The second-order valence-corrected chi connectivity index (χ2v) is 5.44. The lowest BCUT2D eigenvalue weighted by atomic mass is 9.85. The predicted molar refractivity (Wildman–Crippen MR) is 77.5 cm³/mol. The number of rotatable bonds is 6. The summed E-state index contributed by atoms with van der Waals surface area (Å²) in [7, 11) is 0. The minimum atomic E-state index is -0.164. The van der Waals surface area contributed by atoms with Crippen molar-refractivity contribution in [2.75, 3.05) is 12.0 Å². The third kappa shape index (κ3) is 4.52. The number of amides is 1. The standard InChI is InChI=1S/C14H24N4O/c1-9(2)12(10(3)4)8-17-14(19)13-7-11(18-15)5-6-16-13/h5-7,9-10,12H,8,15H2,1-4H3,(H,16,18)(H,17,19). The van der Waals surface area contributed by atoms with Crippen LogP contribution in [0.3, 0.4) is 0 Å². The lowest BCUT2D eigenvalue weighted by Crippen LogP contribution is -2.34. The summed E-state index contributed by atoms with van der Waals surface area (Å²) >= 11 is 0. The van der Waals surface area contributed by atoms with Crippen LogP contribution in [0.1, 0.15) is 38.2 Å². The van der Waals surface area contributed by atoms with Crippen LogP contribution < -0.4 is 16.6 Å². The fraction of sp³-hybridized carbons (Fsp3) is 0.571. The number of hydrogen-bond acceptors (Lipinski definition) is 4. The normalized spacial score (nSPS) is 11.2. The zero-order valence-corrected chi connectivity index (χ0v) is 12.1. The van der Waals surface area contributed by atoms with Crippen molar-refractivity contribution >= 4 is 11.6 Å². The monoisotopic (exact) mass is 264 g/mol. The smallest absolute Gasteiger partial charge is 0.269 e. The second kappa shape index (κ2) is 7.09. The number of pyridine rings is 1.